The molecule has 0 heterocycles. The molecule has 1 aliphatic rings. The van der Waals surface area contributed by atoms with E-state index < -0.39 is 4.87 Å². The van der Waals surface area contributed by atoms with Crippen LogP contribution in [0.15, 0.2) is 77.3 Å². The monoisotopic (exact) mass is 354 g/mol. The third kappa shape index (κ3) is 1.81. The molecule has 0 fully saturated rings. The maximum atomic E-state index is 7.21. The second-order valence-electron chi connectivity index (χ2n) is 5.26. The van der Waals surface area contributed by atoms with Gasteiger partial charge >= 0.3 is 0 Å². The summed E-state index contributed by atoms with van der Waals surface area (Å²) >= 11 is 10.8. The van der Waals surface area contributed by atoms with Crippen molar-refractivity contribution in [1.82, 2.24) is 0 Å². The van der Waals surface area contributed by atoms with E-state index in [0.717, 1.165) is 21.2 Å². The minimum absolute atomic E-state index is 0.614. The zero-order valence-corrected chi connectivity index (χ0v) is 13.5. The second-order valence-corrected chi connectivity index (χ2v) is 6.74. The summed E-state index contributed by atoms with van der Waals surface area (Å²) in [6, 6.07) is 25.0. The number of hydrogen-bond donors (Lipinski definition) is 0. The van der Waals surface area contributed by atoms with E-state index >= 15 is 0 Å². The van der Waals surface area contributed by atoms with E-state index in [0.29, 0.717) is 0 Å². The van der Waals surface area contributed by atoms with E-state index in [2.05, 4.69) is 70.5 Å². The highest BCUT2D eigenvalue weighted by atomic mass is 79.9. The highest BCUT2D eigenvalue weighted by molar-refractivity contribution is 9.10. The fourth-order valence-corrected chi connectivity index (χ4v) is 3.99. The average molecular weight is 356 g/mol. The Bertz CT molecular complexity index is 826. The highest BCUT2D eigenvalue weighted by Crippen LogP contribution is 2.55. The molecule has 1 atom stereocenters. The van der Waals surface area contributed by atoms with Gasteiger partial charge in [0.2, 0.25) is 0 Å². The van der Waals surface area contributed by atoms with Crippen molar-refractivity contribution < 1.29 is 0 Å². The van der Waals surface area contributed by atoms with Crippen molar-refractivity contribution in [2.75, 3.05) is 0 Å². The molecule has 102 valence electrons. The van der Waals surface area contributed by atoms with Gasteiger partial charge in [-0.3, -0.25) is 0 Å². The number of fused-ring (bicyclic) bond motifs is 3. The largest absolute Gasteiger partial charge is 0.121 e. The van der Waals surface area contributed by atoms with Gasteiger partial charge < -0.3 is 0 Å². The minimum Gasteiger partial charge on any atom is -0.103 e. The third-order valence-corrected chi connectivity index (χ3v) is 5.23. The van der Waals surface area contributed by atoms with E-state index in [1.54, 1.807) is 0 Å². The van der Waals surface area contributed by atoms with Crippen LogP contribution < -0.4 is 0 Å². The van der Waals surface area contributed by atoms with Crippen LogP contribution in [-0.4, -0.2) is 0 Å². The zero-order chi connectivity index (χ0) is 14.4. The molecule has 0 aliphatic heterocycles. The first kappa shape index (κ1) is 13.1. The van der Waals surface area contributed by atoms with E-state index in [1.807, 2.05) is 18.2 Å². The van der Waals surface area contributed by atoms with Crippen LogP contribution in [0.5, 0.6) is 0 Å². The molecule has 21 heavy (non-hydrogen) atoms. The molecule has 1 unspecified atom stereocenters. The van der Waals surface area contributed by atoms with Crippen LogP contribution in [0.3, 0.4) is 0 Å². The predicted molar refractivity (Wildman–Crippen MR) is 91.8 cm³/mol. The molecular formula is C19H12BrCl. The van der Waals surface area contributed by atoms with Crippen molar-refractivity contribution in [1.29, 1.82) is 0 Å². The molecule has 0 saturated carbocycles. The van der Waals surface area contributed by atoms with Crippen LogP contribution in [0.2, 0.25) is 0 Å². The van der Waals surface area contributed by atoms with Gasteiger partial charge in [0, 0.05) is 4.47 Å². The Balaban J connectivity index is 2.10. The second kappa shape index (κ2) is 4.72. The molecule has 0 N–H and O–H groups in total. The lowest BCUT2D eigenvalue weighted by atomic mass is 9.88. The number of rotatable bonds is 1. The van der Waals surface area contributed by atoms with Gasteiger partial charge in [-0.15, -0.1) is 11.6 Å². The van der Waals surface area contributed by atoms with Crippen LogP contribution in [0.1, 0.15) is 16.7 Å². The molecule has 0 amide bonds. The molecule has 0 bridgehead atoms. The van der Waals surface area contributed by atoms with Crippen LogP contribution in [-0.2, 0) is 4.87 Å². The van der Waals surface area contributed by atoms with Crippen LogP contribution in [0.4, 0.5) is 0 Å². The summed E-state index contributed by atoms with van der Waals surface area (Å²) in [5.41, 5.74) is 5.85. The fraction of sp³-hybridized carbons (Fsp3) is 0.0526. The summed E-state index contributed by atoms with van der Waals surface area (Å²) in [5.74, 6) is 0. The molecule has 1 aliphatic carbocycles. The summed E-state index contributed by atoms with van der Waals surface area (Å²) in [6.07, 6.45) is 0. The van der Waals surface area contributed by atoms with E-state index in [9.17, 15) is 0 Å². The summed E-state index contributed by atoms with van der Waals surface area (Å²) in [5, 5.41) is 0. The number of halogens is 2. The van der Waals surface area contributed by atoms with Gasteiger partial charge in [0.15, 0.2) is 0 Å². The maximum absolute atomic E-state index is 7.21. The van der Waals surface area contributed by atoms with Crippen molar-refractivity contribution in [3.8, 4) is 11.1 Å². The van der Waals surface area contributed by atoms with Crippen LogP contribution in [0.25, 0.3) is 11.1 Å². The summed E-state index contributed by atoms with van der Waals surface area (Å²) < 4.78 is 1.05. The Morgan fingerprint density at radius 2 is 1.38 bits per heavy atom. The topological polar surface area (TPSA) is 0 Å². The average Bonchev–Trinajstić information content (AvgIpc) is 2.79. The van der Waals surface area contributed by atoms with Gasteiger partial charge in [0.05, 0.1) is 0 Å². The SMILES string of the molecule is ClC1(c2ccccc2)c2ccccc2-c2ccc(Br)cc21. The van der Waals surface area contributed by atoms with Crippen molar-refractivity contribution in [2.24, 2.45) is 0 Å². The molecule has 4 rings (SSSR count). The lowest BCUT2D eigenvalue weighted by Crippen LogP contribution is -2.19. The highest BCUT2D eigenvalue weighted by Gasteiger charge is 2.42. The Morgan fingerprint density at radius 1 is 0.714 bits per heavy atom. The van der Waals surface area contributed by atoms with Gasteiger partial charge in [0.25, 0.3) is 0 Å². The normalized spacial score (nSPS) is 19.1. The third-order valence-electron chi connectivity index (χ3n) is 4.11. The zero-order valence-electron chi connectivity index (χ0n) is 11.2. The Kier molecular flexibility index (Phi) is 2.95. The summed E-state index contributed by atoms with van der Waals surface area (Å²) in [6.45, 7) is 0. The number of benzene rings is 3. The van der Waals surface area contributed by atoms with Gasteiger partial charge in [-0.05, 0) is 39.9 Å². The van der Waals surface area contributed by atoms with E-state index in [1.165, 1.54) is 11.1 Å². The number of hydrogen-bond acceptors (Lipinski definition) is 0. The molecule has 0 spiro atoms. The van der Waals surface area contributed by atoms with Crippen molar-refractivity contribution in [3.05, 3.63) is 94.0 Å². The predicted octanol–water partition coefficient (Wildman–Crippen LogP) is 5.96. The molecular weight excluding hydrogens is 344 g/mol. The number of alkyl halides is 1. The molecule has 2 heteroatoms. The van der Waals surface area contributed by atoms with Gasteiger partial charge in [-0.1, -0.05) is 76.6 Å². The molecule has 0 nitrogen and oxygen atoms in total. The Hall–Kier alpha value is -1.57. The molecule has 3 aromatic carbocycles. The quantitative estimate of drug-likeness (QED) is 0.472. The lowest BCUT2D eigenvalue weighted by molar-refractivity contribution is 0.910. The molecule has 3 aromatic rings. The Morgan fingerprint density at radius 3 is 2.19 bits per heavy atom. The maximum Gasteiger partial charge on any atom is 0.121 e. The van der Waals surface area contributed by atoms with E-state index in [4.69, 9.17) is 11.6 Å². The molecule has 0 aromatic heterocycles. The van der Waals surface area contributed by atoms with Crippen LogP contribution in [0, 0.1) is 0 Å². The van der Waals surface area contributed by atoms with Crippen molar-refractivity contribution in [2.45, 2.75) is 4.87 Å². The van der Waals surface area contributed by atoms with Crippen molar-refractivity contribution in [3.63, 3.8) is 0 Å². The van der Waals surface area contributed by atoms with E-state index in [-0.39, 0.29) is 0 Å². The van der Waals surface area contributed by atoms with Crippen LogP contribution >= 0.6 is 27.5 Å². The fourth-order valence-electron chi connectivity index (χ4n) is 3.18. The first-order valence-corrected chi connectivity index (χ1v) is 8.02. The summed E-state index contributed by atoms with van der Waals surface area (Å²) in [4.78, 5) is -0.614. The minimum atomic E-state index is -0.614. The first-order chi connectivity index (χ1) is 10.2. The summed E-state index contributed by atoms with van der Waals surface area (Å²) in [7, 11) is 0. The van der Waals surface area contributed by atoms with Gasteiger partial charge in [-0.25, -0.2) is 0 Å². The lowest BCUT2D eigenvalue weighted by Gasteiger charge is -2.25. The van der Waals surface area contributed by atoms with Gasteiger partial charge in [0.1, 0.15) is 4.87 Å². The van der Waals surface area contributed by atoms with Gasteiger partial charge in [-0.2, -0.15) is 0 Å². The molecule has 0 radical (unpaired) electrons. The van der Waals surface area contributed by atoms with Crippen molar-refractivity contribution >= 4 is 27.5 Å². The molecule has 0 saturated heterocycles. The standard InChI is InChI=1S/C19H12BrCl/c20-14-10-11-16-15-8-4-5-9-17(15)19(21,18(16)12-14)13-6-2-1-3-7-13/h1-12H. The smallest absolute Gasteiger partial charge is 0.103 e. The Labute approximate surface area is 137 Å². The first-order valence-electron chi connectivity index (χ1n) is 6.85.